The maximum absolute atomic E-state index is 11.5. The number of anilines is 1. The van der Waals surface area contributed by atoms with E-state index in [1.165, 1.54) is 6.07 Å². The molecule has 0 amide bonds. The fraction of sp³-hybridized carbons (Fsp3) is 0.174. The van der Waals surface area contributed by atoms with Gasteiger partial charge in [0.25, 0.3) is 0 Å². The number of rotatable bonds is 9. The predicted octanol–water partition coefficient (Wildman–Crippen LogP) is 5.44. The lowest BCUT2D eigenvalue weighted by Gasteiger charge is -2.28. The van der Waals surface area contributed by atoms with Gasteiger partial charge in [0.2, 0.25) is 0 Å². The summed E-state index contributed by atoms with van der Waals surface area (Å²) >= 11 is 12.3. The predicted molar refractivity (Wildman–Crippen MR) is 120 cm³/mol. The van der Waals surface area contributed by atoms with Crippen molar-refractivity contribution >= 4 is 34.9 Å². The molecule has 0 heterocycles. The van der Waals surface area contributed by atoms with Crippen molar-refractivity contribution in [2.75, 3.05) is 18.4 Å². The molecule has 1 unspecified atom stereocenters. The monoisotopic (exact) mass is 444 g/mol. The molecule has 0 saturated heterocycles. The molecule has 1 atom stereocenters. The molecule has 5 nitrogen and oxygen atoms in total. The fourth-order valence-corrected chi connectivity index (χ4v) is 3.57. The zero-order valence-electron chi connectivity index (χ0n) is 16.1. The Morgan fingerprint density at radius 3 is 2.33 bits per heavy atom. The minimum absolute atomic E-state index is 0.0742. The van der Waals surface area contributed by atoms with E-state index in [0.717, 1.165) is 11.1 Å². The number of aromatic hydroxyl groups is 1. The van der Waals surface area contributed by atoms with Crippen molar-refractivity contribution in [2.45, 2.75) is 12.6 Å². The summed E-state index contributed by atoms with van der Waals surface area (Å²) in [5, 5.41) is 23.4. The number of nitrogens with zero attached hydrogens (tertiary/aromatic N) is 1. The summed E-state index contributed by atoms with van der Waals surface area (Å²) in [6.45, 7) is 0.798. The summed E-state index contributed by atoms with van der Waals surface area (Å²) in [6, 6.07) is 21.6. The maximum atomic E-state index is 11.5. The number of phenols is 1. The van der Waals surface area contributed by atoms with Gasteiger partial charge in [-0.05, 0) is 35.4 Å². The van der Waals surface area contributed by atoms with E-state index in [4.69, 9.17) is 23.2 Å². The number of carbonyl (C=O) groups is 1. The molecule has 7 heteroatoms. The SMILES string of the molecule is O=C(O)CN(Cc1ccccc1)CC(Nc1ccc(O)cc1Cl)c1ccc(Cl)cc1. The summed E-state index contributed by atoms with van der Waals surface area (Å²) in [4.78, 5) is 13.3. The molecule has 3 aromatic rings. The Labute approximate surface area is 185 Å². The molecule has 0 aliphatic carbocycles. The number of phenolic OH excluding ortho intramolecular Hbond substituents is 1. The lowest BCUT2D eigenvalue weighted by molar-refractivity contribution is -0.138. The van der Waals surface area contributed by atoms with Crippen LogP contribution in [-0.2, 0) is 11.3 Å². The number of halogens is 2. The highest BCUT2D eigenvalue weighted by Gasteiger charge is 2.20. The van der Waals surface area contributed by atoms with Crippen molar-refractivity contribution in [3.63, 3.8) is 0 Å². The van der Waals surface area contributed by atoms with Crippen LogP contribution in [0.3, 0.4) is 0 Å². The van der Waals surface area contributed by atoms with Gasteiger partial charge in [0.1, 0.15) is 5.75 Å². The minimum atomic E-state index is -0.900. The van der Waals surface area contributed by atoms with E-state index in [9.17, 15) is 15.0 Å². The zero-order chi connectivity index (χ0) is 21.5. The minimum Gasteiger partial charge on any atom is -0.508 e. The largest absolute Gasteiger partial charge is 0.508 e. The number of carboxylic acids is 1. The van der Waals surface area contributed by atoms with Gasteiger partial charge in [-0.3, -0.25) is 9.69 Å². The second kappa shape index (κ2) is 10.3. The smallest absolute Gasteiger partial charge is 0.317 e. The molecule has 3 rings (SSSR count). The lowest BCUT2D eigenvalue weighted by Crippen LogP contribution is -2.35. The standard InChI is InChI=1S/C23H22Cl2N2O3/c24-18-8-6-17(7-9-18)22(26-21-11-10-19(28)12-20(21)25)14-27(15-23(29)30)13-16-4-2-1-3-5-16/h1-12,22,26,28H,13-15H2,(H,29,30). The molecule has 3 aromatic carbocycles. The van der Waals surface area contributed by atoms with Gasteiger partial charge in [-0.1, -0.05) is 65.7 Å². The van der Waals surface area contributed by atoms with Gasteiger partial charge in [0.15, 0.2) is 0 Å². The summed E-state index contributed by atoms with van der Waals surface area (Å²) in [6.07, 6.45) is 0. The Bertz CT molecular complexity index is 981. The van der Waals surface area contributed by atoms with Gasteiger partial charge in [0, 0.05) is 24.2 Å². The van der Waals surface area contributed by atoms with Crippen molar-refractivity contribution in [3.8, 4) is 5.75 Å². The lowest BCUT2D eigenvalue weighted by atomic mass is 10.0. The summed E-state index contributed by atoms with van der Waals surface area (Å²) < 4.78 is 0. The van der Waals surface area contributed by atoms with Crippen LogP contribution in [0.5, 0.6) is 5.75 Å². The van der Waals surface area contributed by atoms with E-state index >= 15 is 0 Å². The first kappa shape index (κ1) is 22.0. The third kappa shape index (κ3) is 6.39. The van der Waals surface area contributed by atoms with Crippen molar-refractivity contribution < 1.29 is 15.0 Å². The second-order valence-corrected chi connectivity index (χ2v) is 7.81. The van der Waals surface area contributed by atoms with Gasteiger partial charge >= 0.3 is 5.97 Å². The van der Waals surface area contributed by atoms with E-state index in [1.807, 2.05) is 47.4 Å². The number of benzene rings is 3. The van der Waals surface area contributed by atoms with Gasteiger partial charge in [-0.15, -0.1) is 0 Å². The molecule has 30 heavy (non-hydrogen) atoms. The van der Waals surface area contributed by atoms with Crippen molar-refractivity contribution in [2.24, 2.45) is 0 Å². The van der Waals surface area contributed by atoms with Gasteiger partial charge < -0.3 is 15.5 Å². The molecule has 0 saturated carbocycles. The van der Waals surface area contributed by atoms with Crippen LogP contribution in [0.4, 0.5) is 5.69 Å². The van der Waals surface area contributed by atoms with Crippen LogP contribution in [0.25, 0.3) is 0 Å². The Kier molecular flexibility index (Phi) is 7.57. The first-order valence-corrected chi connectivity index (χ1v) is 10.1. The van der Waals surface area contributed by atoms with Crippen molar-refractivity contribution in [1.29, 1.82) is 0 Å². The molecular weight excluding hydrogens is 423 g/mol. The highest BCUT2D eigenvalue weighted by atomic mass is 35.5. The van der Waals surface area contributed by atoms with Crippen LogP contribution in [0.1, 0.15) is 17.2 Å². The zero-order valence-corrected chi connectivity index (χ0v) is 17.6. The average molecular weight is 445 g/mol. The first-order chi connectivity index (χ1) is 14.4. The molecule has 156 valence electrons. The highest BCUT2D eigenvalue weighted by molar-refractivity contribution is 6.33. The van der Waals surface area contributed by atoms with Crippen LogP contribution in [0.15, 0.2) is 72.8 Å². The van der Waals surface area contributed by atoms with Crippen LogP contribution in [0.2, 0.25) is 10.0 Å². The molecule has 0 aromatic heterocycles. The van der Waals surface area contributed by atoms with E-state index in [1.54, 1.807) is 24.3 Å². The first-order valence-electron chi connectivity index (χ1n) is 9.39. The third-order valence-corrected chi connectivity index (χ3v) is 5.17. The summed E-state index contributed by atoms with van der Waals surface area (Å²) in [5.74, 6) is -0.825. The Hall–Kier alpha value is -2.73. The summed E-state index contributed by atoms with van der Waals surface area (Å²) in [7, 11) is 0. The molecule has 0 radical (unpaired) electrons. The Morgan fingerprint density at radius 2 is 1.70 bits per heavy atom. The quantitative estimate of drug-likeness (QED) is 0.383. The maximum Gasteiger partial charge on any atom is 0.317 e. The van der Waals surface area contributed by atoms with Crippen molar-refractivity contribution in [3.05, 3.63) is 94.0 Å². The van der Waals surface area contributed by atoms with E-state index in [0.29, 0.717) is 28.8 Å². The fourth-order valence-electron chi connectivity index (χ4n) is 3.21. The molecule has 0 aliphatic heterocycles. The molecule has 0 fully saturated rings. The van der Waals surface area contributed by atoms with Gasteiger partial charge in [-0.25, -0.2) is 0 Å². The Morgan fingerprint density at radius 1 is 1.00 bits per heavy atom. The molecular formula is C23H22Cl2N2O3. The number of aliphatic carboxylic acids is 1. The van der Waals surface area contributed by atoms with E-state index < -0.39 is 5.97 Å². The van der Waals surface area contributed by atoms with E-state index in [-0.39, 0.29) is 18.3 Å². The number of carboxylic acid groups (broad SMARTS) is 1. The highest BCUT2D eigenvalue weighted by Crippen LogP contribution is 2.30. The third-order valence-electron chi connectivity index (χ3n) is 4.60. The number of hydrogen-bond donors (Lipinski definition) is 3. The molecule has 0 bridgehead atoms. The second-order valence-electron chi connectivity index (χ2n) is 6.96. The van der Waals surface area contributed by atoms with Crippen LogP contribution >= 0.6 is 23.2 Å². The Balaban J connectivity index is 1.88. The molecule has 0 aliphatic rings. The van der Waals surface area contributed by atoms with E-state index in [2.05, 4.69) is 5.32 Å². The molecule has 3 N–H and O–H groups in total. The normalized spacial score (nSPS) is 12.0. The van der Waals surface area contributed by atoms with Gasteiger partial charge in [-0.2, -0.15) is 0 Å². The number of hydrogen-bond acceptors (Lipinski definition) is 4. The van der Waals surface area contributed by atoms with Crippen LogP contribution in [0, 0.1) is 0 Å². The molecule has 0 spiro atoms. The average Bonchev–Trinajstić information content (AvgIpc) is 2.70. The van der Waals surface area contributed by atoms with Gasteiger partial charge in [0.05, 0.1) is 23.3 Å². The van der Waals surface area contributed by atoms with Crippen LogP contribution in [-0.4, -0.2) is 34.2 Å². The number of nitrogens with one attached hydrogen (secondary N) is 1. The topological polar surface area (TPSA) is 72.8 Å². The van der Waals surface area contributed by atoms with Crippen molar-refractivity contribution in [1.82, 2.24) is 4.90 Å². The summed E-state index contributed by atoms with van der Waals surface area (Å²) in [5.41, 5.74) is 2.60. The van der Waals surface area contributed by atoms with Crippen LogP contribution < -0.4 is 5.32 Å².